The van der Waals surface area contributed by atoms with Gasteiger partial charge in [0.05, 0.1) is 6.54 Å². The highest BCUT2D eigenvalue weighted by atomic mass is 16.2. The van der Waals surface area contributed by atoms with Crippen molar-refractivity contribution in [1.29, 1.82) is 0 Å². The zero-order valence-corrected chi connectivity index (χ0v) is 4.66. The third-order valence-corrected chi connectivity index (χ3v) is 1.02. The predicted octanol–water partition coefficient (Wildman–Crippen LogP) is -2.48. The topological polar surface area (TPSA) is 96.7 Å². The number of hydrogen-bond donors (Lipinski definition) is 3. The monoisotopic (exact) mass is 129 g/mol. The summed E-state index contributed by atoms with van der Waals surface area (Å²) in [6, 6.07) is 0. The van der Waals surface area contributed by atoms with Gasteiger partial charge in [-0.1, -0.05) is 0 Å². The fourth-order valence-corrected chi connectivity index (χ4v) is 0.551. The number of amides is 1. The Bertz CT molecular complexity index is 164. The van der Waals surface area contributed by atoms with Crippen LogP contribution in [0.2, 0.25) is 0 Å². The molecule has 0 bridgehead atoms. The molecule has 50 valence electrons. The second-order valence-corrected chi connectivity index (χ2v) is 1.57. The molecule has 0 atom stereocenters. The largest absolute Gasteiger partial charge is 0.344 e. The molecular formula is C3H7N5O. The summed E-state index contributed by atoms with van der Waals surface area (Å²) in [6.45, 7) is 0.173. The van der Waals surface area contributed by atoms with Gasteiger partial charge in [-0.05, 0) is 0 Å². The number of nitrogens with zero attached hydrogens (tertiary/aromatic N) is 2. The molecule has 1 aliphatic heterocycles. The lowest BCUT2D eigenvalue weighted by Crippen LogP contribution is -2.39. The molecule has 1 fully saturated rings. The van der Waals surface area contributed by atoms with E-state index in [-0.39, 0.29) is 18.4 Å². The lowest BCUT2D eigenvalue weighted by Gasteiger charge is -2.04. The molecule has 6 heteroatoms. The highest BCUT2D eigenvalue weighted by molar-refractivity contribution is 6.03. The number of hydrogen-bond acceptors (Lipinski definition) is 4. The van der Waals surface area contributed by atoms with E-state index in [1.165, 1.54) is 0 Å². The Morgan fingerprint density at radius 3 is 2.67 bits per heavy atom. The Labute approximate surface area is 51.4 Å². The average molecular weight is 129 g/mol. The second-order valence-electron chi connectivity index (χ2n) is 1.57. The molecule has 1 heterocycles. The standard InChI is InChI=1S/C3H7N5O/c4-7-3-6-1-2(9)8(3)5/h1,4-5H2,(H,6,7). The normalized spacial score (nSPS) is 23.0. The number of hydrazone groups is 1. The van der Waals surface area contributed by atoms with Crippen LogP contribution < -0.4 is 17.0 Å². The van der Waals surface area contributed by atoms with Gasteiger partial charge in [0.1, 0.15) is 0 Å². The Balaban J connectivity index is 2.73. The molecule has 1 rings (SSSR count). The Morgan fingerprint density at radius 2 is 2.44 bits per heavy atom. The maximum Gasteiger partial charge on any atom is 0.263 e. The van der Waals surface area contributed by atoms with Crippen molar-refractivity contribution >= 4 is 11.9 Å². The minimum Gasteiger partial charge on any atom is -0.344 e. The zero-order chi connectivity index (χ0) is 6.85. The van der Waals surface area contributed by atoms with Crippen molar-refractivity contribution in [3.8, 4) is 0 Å². The van der Waals surface area contributed by atoms with E-state index in [2.05, 4.69) is 10.4 Å². The first-order chi connectivity index (χ1) is 4.25. The van der Waals surface area contributed by atoms with Gasteiger partial charge in [0.25, 0.3) is 5.91 Å². The lowest BCUT2D eigenvalue weighted by atomic mass is 10.6. The third kappa shape index (κ3) is 0.789. The number of carbonyl (C=O) groups excluding carboxylic acids is 1. The van der Waals surface area contributed by atoms with Gasteiger partial charge in [0, 0.05) is 0 Å². The summed E-state index contributed by atoms with van der Waals surface area (Å²) < 4.78 is 0. The summed E-state index contributed by atoms with van der Waals surface area (Å²) in [5, 5.41) is 6.66. The summed E-state index contributed by atoms with van der Waals surface area (Å²) in [7, 11) is 0. The van der Waals surface area contributed by atoms with Crippen LogP contribution in [0.3, 0.4) is 0 Å². The van der Waals surface area contributed by atoms with Crippen molar-refractivity contribution in [2.75, 3.05) is 6.54 Å². The van der Waals surface area contributed by atoms with Crippen LogP contribution in [0.1, 0.15) is 0 Å². The summed E-state index contributed by atoms with van der Waals surface area (Å²) >= 11 is 0. The van der Waals surface area contributed by atoms with Crippen LogP contribution in [-0.2, 0) is 4.79 Å². The number of rotatable bonds is 0. The van der Waals surface area contributed by atoms with Crippen LogP contribution in [0.5, 0.6) is 0 Å². The van der Waals surface area contributed by atoms with Crippen LogP contribution >= 0.6 is 0 Å². The summed E-state index contributed by atoms with van der Waals surface area (Å²) in [5.74, 6) is 9.95. The van der Waals surface area contributed by atoms with Crippen LogP contribution in [0, 0.1) is 0 Å². The molecule has 9 heavy (non-hydrogen) atoms. The molecular weight excluding hydrogens is 122 g/mol. The summed E-state index contributed by atoms with van der Waals surface area (Å²) in [5.41, 5.74) is 0. The Hall–Kier alpha value is -1.30. The molecule has 0 aromatic carbocycles. The van der Waals surface area contributed by atoms with E-state index in [1.54, 1.807) is 0 Å². The molecule has 5 N–H and O–H groups in total. The van der Waals surface area contributed by atoms with Crippen LogP contribution in [0.25, 0.3) is 0 Å². The van der Waals surface area contributed by atoms with E-state index in [9.17, 15) is 4.79 Å². The molecule has 6 nitrogen and oxygen atoms in total. The van der Waals surface area contributed by atoms with Crippen LogP contribution in [-0.4, -0.2) is 23.4 Å². The van der Waals surface area contributed by atoms with Gasteiger partial charge in [-0.2, -0.15) is 0 Å². The number of hydrazine groups is 1. The average Bonchev–Trinajstić information content (AvgIpc) is 2.15. The molecule has 0 aromatic heterocycles. The van der Waals surface area contributed by atoms with Crippen LogP contribution in [0.15, 0.2) is 5.10 Å². The van der Waals surface area contributed by atoms with E-state index in [1.807, 2.05) is 0 Å². The van der Waals surface area contributed by atoms with Crippen molar-refractivity contribution in [1.82, 2.24) is 10.3 Å². The number of nitrogens with one attached hydrogen (secondary N) is 1. The second kappa shape index (κ2) is 1.90. The highest BCUT2D eigenvalue weighted by Gasteiger charge is 2.22. The molecule has 0 saturated carbocycles. The third-order valence-electron chi connectivity index (χ3n) is 1.02. The zero-order valence-electron chi connectivity index (χ0n) is 4.66. The van der Waals surface area contributed by atoms with Gasteiger partial charge < -0.3 is 11.2 Å². The Kier molecular flexibility index (Phi) is 1.23. The van der Waals surface area contributed by atoms with E-state index < -0.39 is 0 Å². The first kappa shape index (κ1) is 5.83. The lowest BCUT2D eigenvalue weighted by molar-refractivity contribution is -0.124. The highest BCUT2D eigenvalue weighted by Crippen LogP contribution is 1.88. The number of carbonyl (C=O) groups is 1. The quantitative estimate of drug-likeness (QED) is 0.192. The predicted molar refractivity (Wildman–Crippen MR) is 30.7 cm³/mol. The number of nitrogens with two attached hydrogens (primary N) is 2. The van der Waals surface area contributed by atoms with Crippen molar-refractivity contribution in [2.45, 2.75) is 0 Å². The Morgan fingerprint density at radius 1 is 1.78 bits per heavy atom. The molecule has 0 radical (unpaired) electrons. The van der Waals surface area contributed by atoms with Gasteiger partial charge in [0.2, 0.25) is 5.96 Å². The molecule has 0 spiro atoms. The van der Waals surface area contributed by atoms with Gasteiger partial charge in [-0.25, -0.2) is 10.9 Å². The maximum absolute atomic E-state index is 10.5. The van der Waals surface area contributed by atoms with E-state index in [0.717, 1.165) is 5.01 Å². The van der Waals surface area contributed by atoms with Crippen molar-refractivity contribution in [3.63, 3.8) is 0 Å². The van der Waals surface area contributed by atoms with Gasteiger partial charge in [0.15, 0.2) is 0 Å². The minimum absolute atomic E-state index is 0.173. The molecule has 1 aliphatic rings. The van der Waals surface area contributed by atoms with Crippen LogP contribution in [0.4, 0.5) is 0 Å². The summed E-state index contributed by atoms with van der Waals surface area (Å²) in [6.07, 6.45) is 0. The van der Waals surface area contributed by atoms with E-state index in [4.69, 9.17) is 11.7 Å². The van der Waals surface area contributed by atoms with Crippen molar-refractivity contribution in [2.24, 2.45) is 16.8 Å². The van der Waals surface area contributed by atoms with E-state index in [0.29, 0.717) is 0 Å². The fraction of sp³-hybridized carbons (Fsp3) is 0.333. The molecule has 0 unspecified atom stereocenters. The minimum atomic E-state index is -0.237. The van der Waals surface area contributed by atoms with Crippen molar-refractivity contribution < 1.29 is 4.79 Å². The van der Waals surface area contributed by atoms with Gasteiger partial charge in [-0.3, -0.25) is 4.79 Å². The van der Waals surface area contributed by atoms with Gasteiger partial charge in [-0.15, -0.1) is 5.10 Å². The molecule has 1 amide bonds. The first-order valence-electron chi connectivity index (χ1n) is 2.35. The smallest absolute Gasteiger partial charge is 0.263 e. The molecule has 0 aliphatic carbocycles. The number of guanidine groups is 1. The first-order valence-corrected chi connectivity index (χ1v) is 2.35. The molecule has 1 saturated heterocycles. The maximum atomic E-state index is 10.5. The molecule has 0 aromatic rings. The van der Waals surface area contributed by atoms with Crippen molar-refractivity contribution in [3.05, 3.63) is 0 Å². The van der Waals surface area contributed by atoms with Gasteiger partial charge >= 0.3 is 0 Å². The van der Waals surface area contributed by atoms with E-state index >= 15 is 0 Å². The SMILES string of the molecule is N/N=C1/NCC(=O)N1N. The fourth-order valence-electron chi connectivity index (χ4n) is 0.551. The summed E-state index contributed by atoms with van der Waals surface area (Å²) in [4.78, 5) is 10.5.